The molecule has 0 spiro atoms. The van der Waals surface area contributed by atoms with Crippen LogP contribution in [0.3, 0.4) is 0 Å². The third kappa shape index (κ3) is 5.89. The van der Waals surface area contributed by atoms with Crippen molar-refractivity contribution in [2.45, 2.75) is 39.5 Å². The van der Waals surface area contributed by atoms with Crippen molar-refractivity contribution in [3.05, 3.63) is 33.0 Å². The second-order valence-electron chi connectivity index (χ2n) is 6.11. The van der Waals surface area contributed by atoms with Crippen LogP contribution in [0, 0.1) is 13.8 Å². The van der Waals surface area contributed by atoms with E-state index in [1.807, 2.05) is 0 Å². The second kappa shape index (κ2) is 9.47. The van der Waals surface area contributed by atoms with Crippen LogP contribution in [-0.4, -0.2) is 34.0 Å². The first-order chi connectivity index (χ1) is 13.2. The molecule has 2 heterocycles. The summed E-state index contributed by atoms with van der Waals surface area (Å²) in [4.78, 5) is 47.8. The minimum Gasteiger partial charge on any atom is -0.478 e. The van der Waals surface area contributed by atoms with Crippen LogP contribution >= 0.6 is 22.7 Å². The Labute approximate surface area is 169 Å². The van der Waals surface area contributed by atoms with Crippen molar-refractivity contribution in [1.29, 1.82) is 0 Å². The van der Waals surface area contributed by atoms with Gasteiger partial charge in [0.15, 0.2) is 0 Å². The largest absolute Gasteiger partial charge is 0.478 e. The van der Waals surface area contributed by atoms with Gasteiger partial charge in [-0.05, 0) is 38.8 Å². The lowest BCUT2D eigenvalue weighted by Gasteiger charge is -2.05. The fourth-order valence-electron chi connectivity index (χ4n) is 2.48. The van der Waals surface area contributed by atoms with Crippen molar-refractivity contribution in [1.82, 2.24) is 0 Å². The molecular formula is C18H20N2O6S2. The van der Waals surface area contributed by atoms with Gasteiger partial charge < -0.3 is 20.8 Å². The average molecular weight is 425 g/mol. The molecule has 0 saturated carbocycles. The van der Waals surface area contributed by atoms with E-state index in [9.17, 15) is 19.2 Å². The number of rotatable bonds is 9. The highest BCUT2D eigenvalue weighted by Crippen LogP contribution is 2.29. The Morgan fingerprint density at radius 2 is 1.14 bits per heavy atom. The van der Waals surface area contributed by atoms with Gasteiger partial charge in [-0.25, -0.2) is 9.59 Å². The Morgan fingerprint density at radius 3 is 1.46 bits per heavy atom. The van der Waals surface area contributed by atoms with E-state index in [2.05, 4.69) is 10.6 Å². The van der Waals surface area contributed by atoms with Gasteiger partial charge in [0.25, 0.3) is 0 Å². The summed E-state index contributed by atoms with van der Waals surface area (Å²) in [6.45, 7) is 3.52. The molecule has 10 heteroatoms. The third-order valence-corrected chi connectivity index (χ3v) is 5.67. The van der Waals surface area contributed by atoms with E-state index in [4.69, 9.17) is 10.2 Å². The first-order valence-corrected chi connectivity index (χ1v) is 10.1. The molecule has 4 N–H and O–H groups in total. The van der Waals surface area contributed by atoms with Gasteiger partial charge in [0, 0.05) is 22.6 Å². The number of hydrogen-bond acceptors (Lipinski definition) is 6. The number of anilines is 2. The van der Waals surface area contributed by atoms with Crippen LogP contribution < -0.4 is 10.6 Å². The number of carboxylic acids is 2. The molecule has 2 aromatic rings. The number of carboxylic acid groups (broad SMARTS) is 2. The summed E-state index contributed by atoms with van der Waals surface area (Å²) < 4.78 is 0. The van der Waals surface area contributed by atoms with Crippen LogP contribution in [0.5, 0.6) is 0 Å². The summed E-state index contributed by atoms with van der Waals surface area (Å²) in [6.07, 6.45) is 1.20. The predicted octanol–water partition coefficient (Wildman–Crippen LogP) is 3.96. The zero-order valence-corrected chi connectivity index (χ0v) is 17.0. The minimum absolute atomic E-state index is 0.0655. The van der Waals surface area contributed by atoms with Crippen molar-refractivity contribution in [3.63, 3.8) is 0 Å². The lowest BCUT2D eigenvalue weighted by molar-refractivity contribution is -0.118. The van der Waals surface area contributed by atoms with Gasteiger partial charge in [0.1, 0.15) is 10.0 Å². The third-order valence-electron chi connectivity index (χ3n) is 3.73. The fourth-order valence-corrected chi connectivity index (χ4v) is 4.32. The first kappa shape index (κ1) is 21.6. The highest BCUT2D eigenvalue weighted by molar-refractivity contribution is 7.17. The molecule has 8 nitrogen and oxygen atoms in total. The molecule has 0 unspecified atom stereocenters. The molecule has 0 aromatic carbocycles. The molecule has 2 rings (SSSR count). The van der Waals surface area contributed by atoms with Crippen LogP contribution in [0.1, 0.15) is 56.2 Å². The van der Waals surface area contributed by atoms with Gasteiger partial charge in [-0.3, -0.25) is 9.59 Å². The number of aromatic carboxylic acids is 2. The van der Waals surface area contributed by atoms with Crippen LogP contribution in [0.25, 0.3) is 0 Å². The first-order valence-electron chi connectivity index (χ1n) is 8.44. The van der Waals surface area contributed by atoms with E-state index in [-0.39, 0.29) is 35.8 Å². The number of nitrogens with one attached hydrogen (secondary N) is 2. The summed E-state index contributed by atoms with van der Waals surface area (Å²) in [5, 5.41) is 24.0. The van der Waals surface area contributed by atoms with Crippen molar-refractivity contribution < 1.29 is 29.4 Å². The molecule has 0 bridgehead atoms. The second-order valence-corrected chi connectivity index (χ2v) is 8.63. The average Bonchev–Trinajstić information content (AvgIpc) is 3.14. The zero-order valence-electron chi connectivity index (χ0n) is 15.3. The molecule has 0 fully saturated rings. The zero-order chi connectivity index (χ0) is 20.8. The van der Waals surface area contributed by atoms with Gasteiger partial charge in [0.05, 0.1) is 11.1 Å². The summed E-state index contributed by atoms with van der Waals surface area (Å²) in [7, 11) is 0. The molecule has 150 valence electrons. The van der Waals surface area contributed by atoms with Gasteiger partial charge in [-0.2, -0.15) is 0 Å². The molecule has 28 heavy (non-hydrogen) atoms. The Morgan fingerprint density at radius 1 is 0.786 bits per heavy atom. The van der Waals surface area contributed by atoms with Gasteiger partial charge in [-0.1, -0.05) is 0 Å². The number of thiophene rings is 2. The molecule has 0 saturated heterocycles. The molecule has 0 atom stereocenters. The van der Waals surface area contributed by atoms with Crippen molar-refractivity contribution in [2.24, 2.45) is 0 Å². The van der Waals surface area contributed by atoms with E-state index >= 15 is 0 Å². The van der Waals surface area contributed by atoms with Gasteiger partial charge in [0.2, 0.25) is 11.8 Å². The topological polar surface area (TPSA) is 133 Å². The highest BCUT2D eigenvalue weighted by Gasteiger charge is 2.17. The monoisotopic (exact) mass is 424 g/mol. The fraction of sp³-hybridized carbons (Fsp3) is 0.333. The summed E-state index contributed by atoms with van der Waals surface area (Å²) in [6, 6.07) is 3.01. The van der Waals surface area contributed by atoms with E-state index in [0.717, 1.165) is 9.75 Å². The van der Waals surface area contributed by atoms with E-state index in [0.29, 0.717) is 22.8 Å². The van der Waals surface area contributed by atoms with E-state index in [1.54, 1.807) is 13.8 Å². The maximum atomic E-state index is 12.0. The van der Waals surface area contributed by atoms with Crippen molar-refractivity contribution >= 4 is 56.4 Å². The lowest BCUT2D eigenvalue weighted by atomic mass is 10.1. The predicted molar refractivity (Wildman–Crippen MR) is 108 cm³/mol. The standard InChI is InChI=1S/C18H20N2O6S2/c1-9-7-11(17(23)24)15(27-9)19-13(21)5-3-4-6-14(22)20-16-12(18(25)26)8-10(2)28-16/h7-8H,3-6H2,1-2H3,(H,19,21)(H,20,22)(H,23,24)(H,25,26). The number of aryl methyl sites for hydroxylation is 2. The normalized spacial score (nSPS) is 10.5. The van der Waals surface area contributed by atoms with E-state index in [1.165, 1.54) is 34.8 Å². The Bertz CT molecular complexity index is 841. The Hall–Kier alpha value is -2.72. The van der Waals surface area contributed by atoms with Crippen molar-refractivity contribution in [3.8, 4) is 0 Å². The van der Waals surface area contributed by atoms with Gasteiger partial charge in [-0.15, -0.1) is 22.7 Å². The maximum absolute atomic E-state index is 12.0. The number of carbonyl (C=O) groups excluding carboxylic acids is 2. The maximum Gasteiger partial charge on any atom is 0.338 e. The van der Waals surface area contributed by atoms with Crippen LogP contribution in [0.4, 0.5) is 10.0 Å². The highest BCUT2D eigenvalue weighted by atomic mass is 32.1. The van der Waals surface area contributed by atoms with Crippen LogP contribution in [0.2, 0.25) is 0 Å². The molecule has 0 radical (unpaired) electrons. The van der Waals surface area contributed by atoms with Crippen molar-refractivity contribution in [2.75, 3.05) is 10.6 Å². The summed E-state index contributed by atoms with van der Waals surface area (Å²) >= 11 is 2.40. The Kier molecular flexibility index (Phi) is 7.30. The number of carbonyl (C=O) groups is 4. The summed E-state index contributed by atoms with van der Waals surface area (Å²) in [5.41, 5.74) is 0.131. The SMILES string of the molecule is Cc1cc(C(=O)O)c(NC(=O)CCCCC(=O)Nc2sc(C)cc2C(=O)O)s1. The number of unbranched alkanes of at least 4 members (excludes halogenated alkanes) is 1. The number of amides is 2. The van der Waals surface area contributed by atoms with Crippen LogP contribution in [-0.2, 0) is 9.59 Å². The quantitative estimate of drug-likeness (QED) is 0.450. The summed E-state index contributed by atoms with van der Waals surface area (Å²) in [5.74, 6) is -2.82. The number of hydrogen-bond donors (Lipinski definition) is 4. The molecule has 0 aliphatic heterocycles. The molecular weight excluding hydrogens is 404 g/mol. The van der Waals surface area contributed by atoms with E-state index < -0.39 is 11.9 Å². The smallest absolute Gasteiger partial charge is 0.338 e. The Balaban J connectivity index is 1.77. The molecule has 0 aliphatic carbocycles. The lowest BCUT2D eigenvalue weighted by Crippen LogP contribution is -2.14. The molecule has 2 amide bonds. The molecule has 0 aliphatic rings. The van der Waals surface area contributed by atoms with Gasteiger partial charge >= 0.3 is 11.9 Å². The van der Waals surface area contributed by atoms with Crippen LogP contribution in [0.15, 0.2) is 12.1 Å². The minimum atomic E-state index is -1.10. The molecule has 2 aromatic heterocycles.